The number of nitrogens with zero attached hydrogens (tertiary/aromatic N) is 4. The van der Waals surface area contributed by atoms with Crippen LogP contribution in [0.1, 0.15) is 28.4 Å². The fraction of sp³-hybridized carbons (Fsp3) is 0.385. The maximum absolute atomic E-state index is 12.4. The van der Waals surface area contributed by atoms with E-state index in [0.717, 1.165) is 11.9 Å². The second-order valence-corrected chi connectivity index (χ2v) is 4.69. The molecule has 9 heteroatoms. The summed E-state index contributed by atoms with van der Waals surface area (Å²) in [6, 6.07) is 2.96. The highest BCUT2D eigenvalue weighted by Gasteiger charge is 2.13. The number of halogens is 2. The van der Waals surface area contributed by atoms with Crippen LogP contribution in [0.4, 0.5) is 8.78 Å². The zero-order chi connectivity index (χ0) is 16.3. The van der Waals surface area contributed by atoms with Gasteiger partial charge in [-0.25, -0.2) is 9.48 Å². The van der Waals surface area contributed by atoms with Gasteiger partial charge in [-0.05, 0) is 26.0 Å². The summed E-state index contributed by atoms with van der Waals surface area (Å²) in [5, 5.41) is 5.98. The minimum Gasteiger partial charge on any atom is -0.349 e. The number of nitrogens with one attached hydrogen (secondary N) is 1. The number of hydrogen-bond donors (Lipinski definition) is 1. The van der Waals surface area contributed by atoms with E-state index in [1.165, 1.54) is 10.6 Å². The monoisotopic (exact) mass is 311 g/mol. The normalized spacial score (nSPS) is 11.0. The molecule has 0 radical (unpaired) electrons. The van der Waals surface area contributed by atoms with Gasteiger partial charge >= 0.3 is 12.2 Å². The summed E-state index contributed by atoms with van der Waals surface area (Å²) >= 11 is 0. The summed E-state index contributed by atoms with van der Waals surface area (Å²) in [5.41, 5.74) is 0.856. The Labute approximate surface area is 124 Å². The molecule has 0 saturated heterocycles. The van der Waals surface area contributed by atoms with Crippen molar-refractivity contribution in [2.75, 3.05) is 6.54 Å². The van der Waals surface area contributed by atoms with Gasteiger partial charge in [0.2, 0.25) is 0 Å². The van der Waals surface area contributed by atoms with Crippen LogP contribution in [-0.2, 0) is 6.54 Å². The number of rotatable bonds is 5. The number of hydrogen-bond acceptors (Lipinski definition) is 4. The van der Waals surface area contributed by atoms with Gasteiger partial charge in [-0.3, -0.25) is 9.36 Å². The molecule has 0 fully saturated rings. The first kappa shape index (κ1) is 15.8. The first-order chi connectivity index (χ1) is 10.4. The van der Waals surface area contributed by atoms with E-state index in [1.807, 2.05) is 0 Å². The van der Waals surface area contributed by atoms with E-state index < -0.39 is 18.1 Å². The molecule has 7 nitrogen and oxygen atoms in total. The standard InChI is InChI=1S/C13H15F2N5O2/c1-8-7-9(2)19(13(22)17-8)6-4-16-11(21)10-3-5-20(18-10)12(14)15/h3,5,7,12H,4,6H2,1-2H3,(H,16,21). The average Bonchev–Trinajstić information content (AvgIpc) is 2.91. The van der Waals surface area contributed by atoms with Gasteiger partial charge in [-0.1, -0.05) is 0 Å². The molecule has 22 heavy (non-hydrogen) atoms. The summed E-state index contributed by atoms with van der Waals surface area (Å²) in [7, 11) is 0. The van der Waals surface area contributed by atoms with E-state index in [1.54, 1.807) is 19.9 Å². The number of carbonyl (C=O) groups excluding carboxylic acids is 1. The molecule has 1 N–H and O–H groups in total. The predicted octanol–water partition coefficient (Wildman–Crippen LogP) is 0.882. The minimum absolute atomic E-state index is 0.105. The van der Waals surface area contributed by atoms with Crippen LogP contribution < -0.4 is 11.0 Å². The third-order valence-corrected chi connectivity index (χ3v) is 3.01. The lowest BCUT2D eigenvalue weighted by Gasteiger charge is -2.10. The number of aromatic nitrogens is 4. The van der Waals surface area contributed by atoms with Crippen LogP contribution in [0.15, 0.2) is 23.1 Å². The fourth-order valence-electron chi connectivity index (χ4n) is 1.99. The first-order valence-electron chi connectivity index (χ1n) is 6.55. The van der Waals surface area contributed by atoms with Gasteiger partial charge in [0.1, 0.15) is 5.69 Å². The van der Waals surface area contributed by atoms with Crippen LogP contribution in [-0.4, -0.2) is 31.8 Å². The molecule has 2 aromatic heterocycles. The number of amides is 1. The molecule has 2 aromatic rings. The molecule has 2 rings (SSSR count). The topological polar surface area (TPSA) is 81.8 Å². The SMILES string of the molecule is Cc1cc(C)n(CCNC(=O)c2ccn(C(F)F)n2)c(=O)n1. The van der Waals surface area contributed by atoms with Crippen LogP contribution in [0.25, 0.3) is 0 Å². The third-order valence-electron chi connectivity index (χ3n) is 3.01. The Hall–Kier alpha value is -2.58. The van der Waals surface area contributed by atoms with E-state index in [2.05, 4.69) is 15.4 Å². The second-order valence-electron chi connectivity index (χ2n) is 4.69. The second kappa shape index (κ2) is 6.46. The molecule has 2 heterocycles. The molecule has 0 spiro atoms. The maximum atomic E-state index is 12.4. The van der Waals surface area contributed by atoms with E-state index >= 15 is 0 Å². The van der Waals surface area contributed by atoms with Crippen LogP contribution in [0.2, 0.25) is 0 Å². The zero-order valence-corrected chi connectivity index (χ0v) is 12.1. The van der Waals surface area contributed by atoms with Crippen LogP contribution in [0, 0.1) is 13.8 Å². The van der Waals surface area contributed by atoms with Crippen molar-refractivity contribution in [2.24, 2.45) is 0 Å². The van der Waals surface area contributed by atoms with Gasteiger partial charge in [0.15, 0.2) is 0 Å². The quantitative estimate of drug-likeness (QED) is 0.889. The number of aryl methyl sites for hydroxylation is 2. The summed E-state index contributed by atoms with van der Waals surface area (Å²) in [4.78, 5) is 27.3. The average molecular weight is 311 g/mol. The molecule has 0 aliphatic rings. The van der Waals surface area contributed by atoms with Gasteiger partial charge in [-0.15, -0.1) is 0 Å². The summed E-state index contributed by atoms with van der Waals surface area (Å²) < 4.78 is 26.5. The Bertz CT molecular complexity index is 738. The lowest BCUT2D eigenvalue weighted by Crippen LogP contribution is -2.33. The Morgan fingerprint density at radius 3 is 2.73 bits per heavy atom. The Balaban J connectivity index is 1.96. The molecule has 0 saturated carbocycles. The summed E-state index contributed by atoms with van der Waals surface area (Å²) in [5.74, 6) is -0.579. The molecule has 0 unspecified atom stereocenters. The molecule has 0 aliphatic carbocycles. The molecule has 0 bridgehead atoms. The van der Waals surface area contributed by atoms with E-state index in [9.17, 15) is 18.4 Å². The summed E-state index contributed by atoms with van der Waals surface area (Å²) in [6.07, 6.45) is 1.03. The van der Waals surface area contributed by atoms with Crippen molar-refractivity contribution in [1.82, 2.24) is 24.6 Å². The lowest BCUT2D eigenvalue weighted by molar-refractivity contribution is 0.0560. The number of alkyl halides is 2. The van der Waals surface area contributed by atoms with Gasteiger partial charge in [0, 0.05) is 30.7 Å². The van der Waals surface area contributed by atoms with Crippen molar-refractivity contribution < 1.29 is 13.6 Å². The Kier molecular flexibility index (Phi) is 4.64. The maximum Gasteiger partial charge on any atom is 0.348 e. The highest BCUT2D eigenvalue weighted by Crippen LogP contribution is 2.08. The van der Waals surface area contributed by atoms with Crippen molar-refractivity contribution in [3.05, 3.63) is 45.9 Å². The molecular weight excluding hydrogens is 296 g/mol. The van der Waals surface area contributed by atoms with Gasteiger partial charge in [-0.2, -0.15) is 18.9 Å². The van der Waals surface area contributed by atoms with E-state index in [0.29, 0.717) is 10.4 Å². The van der Waals surface area contributed by atoms with Crippen molar-refractivity contribution in [1.29, 1.82) is 0 Å². The lowest BCUT2D eigenvalue weighted by atomic mass is 10.3. The first-order valence-corrected chi connectivity index (χ1v) is 6.55. The Morgan fingerprint density at radius 2 is 2.14 bits per heavy atom. The van der Waals surface area contributed by atoms with Crippen molar-refractivity contribution in [3.8, 4) is 0 Å². The smallest absolute Gasteiger partial charge is 0.348 e. The van der Waals surface area contributed by atoms with Gasteiger partial charge in [0.05, 0.1) is 0 Å². The van der Waals surface area contributed by atoms with Crippen LogP contribution >= 0.6 is 0 Å². The molecular formula is C13H15F2N5O2. The predicted molar refractivity (Wildman–Crippen MR) is 73.8 cm³/mol. The van der Waals surface area contributed by atoms with Crippen LogP contribution in [0.5, 0.6) is 0 Å². The van der Waals surface area contributed by atoms with E-state index in [-0.39, 0.29) is 18.8 Å². The molecule has 118 valence electrons. The Morgan fingerprint density at radius 1 is 1.41 bits per heavy atom. The third kappa shape index (κ3) is 3.54. The zero-order valence-electron chi connectivity index (χ0n) is 12.1. The van der Waals surface area contributed by atoms with Crippen molar-refractivity contribution in [3.63, 3.8) is 0 Å². The molecule has 0 aromatic carbocycles. The van der Waals surface area contributed by atoms with Crippen molar-refractivity contribution in [2.45, 2.75) is 26.9 Å². The number of carbonyl (C=O) groups is 1. The highest BCUT2D eigenvalue weighted by molar-refractivity contribution is 5.92. The van der Waals surface area contributed by atoms with Gasteiger partial charge < -0.3 is 5.32 Å². The highest BCUT2D eigenvalue weighted by atomic mass is 19.3. The van der Waals surface area contributed by atoms with Crippen molar-refractivity contribution >= 4 is 5.91 Å². The molecule has 0 atom stereocenters. The van der Waals surface area contributed by atoms with Crippen LogP contribution in [0.3, 0.4) is 0 Å². The van der Waals surface area contributed by atoms with E-state index in [4.69, 9.17) is 0 Å². The minimum atomic E-state index is -2.79. The van der Waals surface area contributed by atoms with Gasteiger partial charge in [0.25, 0.3) is 5.91 Å². The molecule has 0 aliphatic heterocycles. The fourth-order valence-corrected chi connectivity index (χ4v) is 1.99. The largest absolute Gasteiger partial charge is 0.349 e. The molecule has 1 amide bonds. The summed E-state index contributed by atoms with van der Waals surface area (Å²) in [6.45, 7) is 1.09.